The summed E-state index contributed by atoms with van der Waals surface area (Å²) in [5, 5.41) is 0. The summed E-state index contributed by atoms with van der Waals surface area (Å²) in [6.07, 6.45) is 12.5. The quantitative estimate of drug-likeness (QED) is 0.362. The van der Waals surface area contributed by atoms with Crippen LogP contribution in [0, 0.1) is 0 Å². The van der Waals surface area contributed by atoms with Crippen molar-refractivity contribution in [3.63, 3.8) is 0 Å². The molecule has 0 radical (unpaired) electrons. The van der Waals surface area contributed by atoms with Gasteiger partial charge in [-0.05, 0) is 18.4 Å². The zero-order valence-electron chi connectivity index (χ0n) is 15.4. The molecule has 0 heterocycles. The Morgan fingerprint density at radius 2 is 1.20 bits per heavy atom. The number of primary amides is 1. The average molecular weight is 347 g/mol. The predicted octanol–water partition coefficient (Wildman–Crippen LogP) is 4.90. The van der Waals surface area contributed by atoms with E-state index in [2.05, 4.69) is 0 Å². The van der Waals surface area contributed by atoms with Crippen LogP contribution >= 0.6 is 0 Å². The third kappa shape index (κ3) is 13.2. The Labute approximate surface area is 152 Å². The van der Waals surface area contributed by atoms with E-state index in [1.807, 2.05) is 30.3 Å². The normalized spacial score (nSPS) is 10.6. The van der Waals surface area contributed by atoms with Crippen LogP contribution in [0.5, 0.6) is 0 Å². The van der Waals surface area contributed by atoms with E-state index in [9.17, 15) is 9.59 Å². The summed E-state index contributed by atoms with van der Waals surface area (Å²) in [5.74, 6) is -0.288. The fourth-order valence-electron chi connectivity index (χ4n) is 2.79. The summed E-state index contributed by atoms with van der Waals surface area (Å²) in [6.45, 7) is 0.374. The molecule has 2 N–H and O–H groups in total. The van der Waals surface area contributed by atoms with Gasteiger partial charge in [-0.2, -0.15) is 0 Å². The first-order valence-corrected chi connectivity index (χ1v) is 9.66. The van der Waals surface area contributed by atoms with Gasteiger partial charge in [0, 0.05) is 12.8 Å². The maximum atomic E-state index is 11.7. The summed E-state index contributed by atoms with van der Waals surface area (Å²) < 4.78 is 5.27. The molecule has 0 unspecified atom stereocenters. The number of benzene rings is 1. The number of hydrogen-bond donors (Lipinski definition) is 1. The second kappa shape index (κ2) is 14.5. The van der Waals surface area contributed by atoms with E-state index >= 15 is 0 Å². The molecule has 0 saturated carbocycles. The molecule has 0 aliphatic carbocycles. The molecule has 4 heteroatoms. The number of esters is 1. The predicted molar refractivity (Wildman–Crippen MR) is 101 cm³/mol. The molecule has 0 aliphatic heterocycles. The number of rotatable bonds is 15. The molecule has 1 amide bonds. The van der Waals surface area contributed by atoms with Crippen LogP contribution in [0.4, 0.5) is 0 Å². The van der Waals surface area contributed by atoms with E-state index in [4.69, 9.17) is 10.5 Å². The lowest BCUT2D eigenvalue weighted by atomic mass is 10.1. The topological polar surface area (TPSA) is 69.4 Å². The van der Waals surface area contributed by atoms with Crippen LogP contribution in [0.3, 0.4) is 0 Å². The molecule has 0 saturated heterocycles. The zero-order chi connectivity index (χ0) is 18.2. The van der Waals surface area contributed by atoms with Gasteiger partial charge in [-0.1, -0.05) is 81.7 Å². The van der Waals surface area contributed by atoms with E-state index in [0.29, 0.717) is 19.4 Å². The van der Waals surface area contributed by atoms with Crippen LogP contribution in [-0.2, 0) is 20.9 Å². The summed E-state index contributed by atoms with van der Waals surface area (Å²) in [7, 11) is 0. The molecule has 25 heavy (non-hydrogen) atoms. The molecule has 1 aromatic rings. The average Bonchev–Trinajstić information content (AvgIpc) is 2.61. The second-order valence-corrected chi connectivity index (χ2v) is 6.65. The highest BCUT2D eigenvalue weighted by Crippen LogP contribution is 2.12. The third-order valence-electron chi connectivity index (χ3n) is 4.30. The van der Waals surface area contributed by atoms with E-state index in [1.54, 1.807) is 0 Å². The molecule has 0 atom stereocenters. The molecule has 1 aromatic carbocycles. The van der Waals surface area contributed by atoms with Crippen molar-refractivity contribution >= 4 is 11.9 Å². The lowest BCUT2D eigenvalue weighted by Crippen LogP contribution is -2.09. The smallest absolute Gasteiger partial charge is 0.306 e. The highest BCUT2D eigenvalue weighted by Gasteiger charge is 2.03. The van der Waals surface area contributed by atoms with Crippen molar-refractivity contribution < 1.29 is 14.3 Å². The van der Waals surface area contributed by atoms with Gasteiger partial charge in [0.1, 0.15) is 6.61 Å². The Kier molecular flexibility index (Phi) is 12.3. The van der Waals surface area contributed by atoms with Crippen molar-refractivity contribution in [1.82, 2.24) is 0 Å². The van der Waals surface area contributed by atoms with E-state index in [1.165, 1.54) is 38.5 Å². The van der Waals surface area contributed by atoms with Gasteiger partial charge in [0.05, 0.1) is 0 Å². The van der Waals surface area contributed by atoms with Gasteiger partial charge in [0.25, 0.3) is 0 Å². The van der Waals surface area contributed by atoms with Crippen molar-refractivity contribution in [3.05, 3.63) is 35.9 Å². The Morgan fingerprint density at radius 3 is 1.72 bits per heavy atom. The Morgan fingerprint density at radius 1 is 0.720 bits per heavy atom. The molecule has 0 aliphatic rings. The third-order valence-corrected chi connectivity index (χ3v) is 4.30. The highest BCUT2D eigenvalue weighted by atomic mass is 16.5. The van der Waals surface area contributed by atoms with Gasteiger partial charge in [0.15, 0.2) is 0 Å². The van der Waals surface area contributed by atoms with Crippen molar-refractivity contribution in [3.8, 4) is 0 Å². The number of unbranched alkanes of at least 4 members (excludes halogenated alkanes) is 9. The van der Waals surface area contributed by atoms with Gasteiger partial charge in [-0.25, -0.2) is 0 Å². The van der Waals surface area contributed by atoms with E-state index < -0.39 is 0 Å². The summed E-state index contributed by atoms with van der Waals surface area (Å²) in [5.41, 5.74) is 6.14. The van der Waals surface area contributed by atoms with Crippen LogP contribution in [0.2, 0.25) is 0 Å². The van der Waals surface area contributed by atoms with Crippen LogP contribution in [-0.4, -0.2) is 11.9 Å². The molecule has 1 rings (SSSR count). The number of carbonyl (C=O) groups excluding carboxylic acids is 2. The monoisotopic (exact) mass is 347 g/mol. The lowest BCUT2D eigenvalue weighted by molar-refractivity contribution is -0.145. The zero-order valence-corrected chi connectivity index (χ0v) is 15.4. The minimum absolute atomic E-state index is 0.0974. The molecule has 140 valence electrons. The molecule has 0 aromatic heterocycles. The van der Waals surface area contributed by atoms with Crippen molar-refractivity contribution in [2.24, 2.45) is 5.73 Å². The SMILES string of the molecule is NC(=O)CCCCCCCCCCCCC(=O)OCc1ccccc1. The van der Waals surface area contributed by atoms with Gasteiger partial charge >= 0.3 is 5.97 Å². The number of nitrogens with two attached hydrogens (primary N) is 1. The lowest BCUT2D eigenvalue weighted by Gasteiger charge is -2.05. The largest absolute Gasteiger partial charge is 0.461 e. The first-order valence-electron chi connectivity index (χ1n) is 9.66. The number of amides is 1. The molecular weight excluding hydrogens is 314 g/mol. The minimum atomic E-state index is -0.191. The number of hydrogen-bond acceptors (Lipinski definition) is 3. The highest BCUT2D eigenvalue weighted by molar-refractivity contribution is 5.73. The maximum absolute atomic E-state index is 11.7. The fourth-order valence-corrected chi connectivity index (χ4v) is 2.79. The van der Waals surface area contributed by atoms with Gasteiger partial charge < -0.3 is 10.5 Å². The molecule has 0 spiro atoms. The first kappa shape index (κ1) is 21.2. The molecular formula is C21H33NO3. The number of ether oxygens (including phenoxy) is 1. The fraction of sp³-hybridized carbons (Fsp3) is 0.619. The van der Waals surface area contributed by atoms with E-state index in [0.717, 1.165) is 31.2 Å². The maximum Gasteiger partial charge on any atom is 0.306 e. The Hall–Kier alpha value is -1.84. The van der Waals surface area contributed by atoms with Crippen molar-refractivity contribution in [1.29, 1.82) is 0 Å². The van der Waals surface area contributed by atoms with Gasteiger partial charge in [-0.3, -0.25) is 9.59 Å². The van der Waals surface area contributed by atoms with Crippen LogP contribution in [0.15, 0.2) is 30.3 Å². The first-order chi connectivity index (χ1) is 12.2. The second-order valence-electron chi connectivity index (χ2n) is 6.65. The summed E-state index contributed by atoms with van der Waals surface area (Å²) >= 11 is 0. The number of carbonyl (C=O) groups is 2. The molecule has 0 fully saturated rings. The van der Waals surface area contributed by atoms with Gasteiger partial charge in [0.2, 0.25) is 5.91 Å². The minimum Gasteiger partial charge on any atom is -0.461 e. The van der Waals surface area contributed by atoms with Crippen LogP contribution < -0.4 is 5.73 Å². The van der Waals surface area contributed by atoms with Crippen molar-refractivity contribution in [2.45, 2.75) is 83.7 Å². The summed E-state index contributed by atoms with van der Waals surface area (Å²) in [6, 6.07) is 9.78. The van der Waals surface area contributed by atoms with Gasteiger partial charge in [-0.15, -0.1) is 0 Å². The van der Waals surface area contributed by atoms with Crippen LogP contribution in [0.25, 0.3) is 0 Å². The standard InChI is InChI=1S/C21H33NO3/c22-20(23)16-12-7-5-3-1-2-4-6-8-13-17-21(24)25-18-19-14-10-9-11-15-19/h9-11,14-15H,1-8,12-13,16-18H2,(H2,22,23). The van der Waals surface area contributed by atoms with Crippen molar-refractivity contribution in [2.75, 3.05) is 0 Å². The van der Waals surface area contributed by atoms with Crippen LogP contribution in [0.1, 0.15) is 82.6 Å². The molecule has 4 nitrogen and oxygen atoms in total. The summed E-state index contributed by atoms with van der Waals surface area (Å²) in [4.78, 5) is 22.3. The van der Waals surface area contributed by atoms with E-state index in [-0.39, 0.29) is 11.9 Å². The Bertz CT molecular complexity index is 473. The molecule has 0 bridgehead atoms. The Balaban J connectivity index is 1.82.